The molecule has 0 aliphatic rings. The second-order valence-corrected chi connectivity index (χ2v) is 15.2. The fraction of sp³-hybridized carbons (Fsp3) is 0.111. The predicted octanol–water partition coefficient (Wildman–Crippen LogP) is 12.7. The van der Waals surface area contributed by atoms with Crippen LogP contribution in [-0.2, 0) is 5.41 Å². The molecule has 9 rings (SSSR count). The van der Waals surface area contributed by atoms with Gasteiger partial charge < -0.3 is 0 Å². The van der Waals surface area contributed by atoms with Crippen molar-refractivity contribution in [1.29, 1.82) is 0 Å². The number of fused-ring (bicyclic) bond motifs is 6. The third kappa shape index (κ3) is 4.92. The molecule has 0 bridgehead atoms. The average Bonchev–Trinajstić information content (AvgIpc) is 3.69. The summed E-state index contributed by atoms with van der Waals surface area (Å²) >= 11 is 1.80. The zero-order chi connectivity index (χ0) is 34.1. The summed E-state index contributed by atoms with van der Waals surface area (Å²) in [6.45, 7) is 8.93. The number of hydrogen-bond acceptors (Lipinski definition) is 3. The molecule has 0 saturated heterocycles. The number of hydrogen-bond donors (Lipinski definition) is 0. The van der Waals surface area contributed by atoms with Crippen LogP contribution in [0.5, 0.6) is 0 Å². The highest BCUT2D eigenvalue weighted by atomic mass is 32.1. The molecule has 3 heterocycles. The lowest BCUT2D eigenvalue weighted by Crippen LogP contribution is -2.13. The summed E-state index contributed by atoms with van der Waals surface area (Å²) in [7, 11) is 0. The standard InChI is InChI=1S/C45H34FN3S/c1-27-18-20-34-35-16-11-17-36(42(35)50-39(34)22-27)43-48-40-33-21-19-32(46)23-30(33)26-47-44(40)49(43)41-37(28-12-7-5-8-13-28)24-31(45(2,3)4)25-38(41)29-14-9-6-10-15-29/h5-26H,1-4H3. The molecule has 50 heavy (non-hydrogen) atoms. The van der Waals surface area contributed by atoms with Gasteiger partial charge >= 0.3 is 0 Å². The van der Waals surface area contributed by atoms with Gasteiger partial charge in [-0.2, -0.15) is 0 Å². The van der Waals surface area contributed by atoms with E-state index >= 15 is 0 Å². The Bertz CT molecular complexity index is 2690. The van der Waals surface area contributed by atoms with Crippen molar-refractivity contribution in [3.05, 3.63) is 151 Å². The van der Waals surface area contributed by atoms with Gasteiger partial charge in [0.05, 0.1) is 5.69 Å². The van der Waals surface area contributed by atoms with E-state index in [0.717, 1.165) is 61.3 Å². The van der Waals surface area contributed by atoms with Crippen molar-refractivity contribution in [2.45, 2.75) is 33.1 Å². The van der Waals surface area contributed by atoms with E-state index in [4.69, 9.17) is 9.97 Å². The Morgan fingerprint density at radius 2 is 1.34 bits per heavy atom. The molecule has 3 nitrogen and oxygen atoms in total. The Hall–Kier alpha value is -5.65. The van der Waals surface area contributed by atoms with E-state index < -0.39 is 0 Å². The quantitative estimate of drug-likeness (QED) is 0.187. The smallest absolute Gasteiger partial charge is 0.165 e. The zero-order valence-electron chi connectivity index (χ0n) is 28.3. The molecule has 6 aromatic carbocycles. The van der Waals surface area contributed by atoms with Crippen molar-refractivity contribution < 1.29 is 4.39 Å². The number of aromatic nitrogens is 3. The molecular weight excluding hydrogens is 634 g/mol. The van der Waals surface area contributed by atoms with Gasteiger partial charge in [0.25, 0.3) is 0 Å². The number of imidazole rings is 1. The summed E-state index contributed by atoms with van der Waals surface area (Å²) in [4.78, 5) is 10.6. The lowest BCUT2D eigenvalue weighted by molar-refractivity contribution is 0.590. The van der Waals surface area contributed by atoms with Crippen LogP contribution in [0.2, 0.25) is 0 Å². The molecule has 9 aromatic rings. The Morgan fingerprint density at radius 1 is 0.660 bits per heavy atom. The summed E-state index contributed by atoms with van der Waals surface area (Å²) in [6.07, 6.45) is 1.78. The van der Waals surface area contributed by atoms with Crippen molar-refractivity contribution in [2.24, 2.45) is 0 Å². The predicted molar refractivity (Wildman–Crippen MR) is 209 cm³/mol. The number of benzene rings is 6. The van der Waals surface area contributed by atoms with Gasteiger partial charge in [-0.05, 0) is 77.1 Å². The number of thiophene rings is 1. The minimum atomic E-state index is -0.292. The summed E-state index contributed by atoms with van der Waals surface area (Å²) in [5, 5.41) is 4.03. The van der Waals surface area contributed by atoms with Gasteiger partial charge in [-0.3, -0.25) is 4.57 Å². The molecule has 0 atom stereocenters. The van der Waals surface area contributed by atoms with E-state index in [9.17, 15) is 4.39 Å². The largest absolute Gasteiger partial charge is 0.275 e. The van der Waals surface area contributed by atoms with Crippen molar-refractivity contribution >= 4 is 53.4 Å². The minimum absolute atomic E-state index is 0.106. The van der Waals surface area contributed by atoms with Gasteiger partial charge in [-0.1, -0.05) is 106 Å². The number of rotatable bonds is 4. The number of pyridine rings is 1. The first-order valence-corrected chi connectivity index (χ1v) is 17.7. The van der Waals surface area contributed by atoms with E-state index in [-0.39, 0.29) is 11.2 Å². The van der Waals surface area contributed by atoms with Gasteiger partial charge in [-0.15, -0.1) is 11.3 Å². The van der Waals surface area contributed by atoms with E-state index in [0.29, 0.717) is 0 Å². The lowest BCUT2D eigenvalue weighted by atomic mass is 9.82. The zero-order valence-corrected chi connectivity index (χ0v) is 29.1. The van der Waals surface area contributed by atoms with Gasteiger partial charge in [0, 0.05) is 53.8 Å². The van der Waals surface area contributed by atoms with Crippen molar-refractivity contribution in [1.82, 2.24) is 14.5 Å². The fourth-order valence-corrected chi connectivity index (χ4v) is 8.47. The van der Waals surface area contributed by atoms with E-state index in [1.54, 1.807) is 23.6 Å². The molecule has 0 unspecified atom stereocenters. The summed E-state index contributed by atoms with van der Waals surface area (Å²) in [6, 6.07) is 44.0. The molecule has 0 N–H and O–H groups in total. The van der Waals surface area contributed by atoms with Crippen LogP contribution in [0, 0.1) is 12.7 Å². The topological polar surface area (TPSA) is 30.7 Å². The summed E-state index contributed by atoms with van der Waals surface area (Å²) in [5.41, 5.74) is 10.3. The van der Waals surface area contributed by atoms with Crippen LogP contribution in [0.4, 0.5) is 4.39 Å². The molecule has 0 saturated carbocycles. The third-order valence-electron chi connectivity index (χ3n) is 9.71. The molecule has 0 spiro atoms. The summed E-state index contributed by atoms with van der Waals surface area (Å²) in [5.74, 6) is 0.509. The SMILES string of the molecule is Cc1ccc2c(c1)sc1c(-c3nc4c5ccc(F)cc5cnc4n3-c3c(-c4ccccc4)cc(C(C)(C)C)cc3-c3ccccc3)cccc12. The third-order valence-corrected chi connectivity index (χ3v) is 10.9. The second kappa shape index (κ2) is 11.5. The molecule has 0 radical (unpaired) electrons. The van der Waals surface area contributed by atoms with Crippen LogP contribution in [0.25, 0.3) is 81.4 Å². The first-order valence-electron chi connectivity index (χ1n) is 16.9. The minimum Gasteiger partial charge on any atom is -0.275 e. The maximum atomic E-state index is 14.5. The molecule has 0 aliphatic heterocycles. The van der Waals surface area contributed by atoms with Gasteiger partial charge in [0.15, 0.2) is 5.65 Å². The molecule has 3 aromatic heterocycles. The molecule has 5 heteroatoms. The monoisotopic (exact) mass is 667 g/mol. The Kier molecular flexibility index (Phi) is 6.97. The van der Waals surface area contributed by atoms with Crippen molar-refractivity contribution in [2.75, 3.05) is 0 Å². The number of nitrogens with zero attached hydrogens (tertiary/aromatic N) is 3. The molecular formula is C45H34FN3S. The normalized spacial score (nSPS) is 12.1. The first kappa shape index (κ1) is 30.4. The van der Waals surface area contributed by atoms with Crippen molar-refractivity contribution in [3.63, 3.8) is 0 Å². The fourth-order valence-electron chi connectivity index (χ4n) is 7.16. The van der Waals surface area contributed by atoms with Crippen LogP contribution < -0.4 is 0 Å². The maximum Gasteiger partial charge on any atom is 0.165 e. The average molecular weight is 668 g/mol. The Labute approximate surface area is 294 Å². The first-order chi connectivity index (χ1) is 24.2. The lowest BCUT2D eigenvalue weighted by Gasteiger charge is -2.26. The number of aryl methyl sites for hydroxylation is 1. The molecule has 0 aliphatic carbocycles. The molecule has 0 amide bonds. The van der Waals surface area contributed by atoms with Gasteiger partial charge in [-0.25, -0.2) is 14.4 Å². The molecule has 242 valence electrons. The van der Waals surface area contributed by atoms with E-state index in [2.05, 4.69) is 141 Å². The highest BCUT2D eigenvalue weighted by molar-refractivity contribution is 7.26. The van der Waals surface area contributed by atoms with Gasteiger partial charge in [0.1, 0.15) is 17.2 Å². The van der Waals surface area contributed by atoms with Crippen LogP contribution in [0.1, 0.15) is 31.9 Å². The highest BCUT2D eigenvalue weighted by Crippen LogP contribution is 2.46. The van der Waals surface area contributed by atoms with Gasteiger partial charge in [0.2, 0.25) is 0 Å². The van der Waals surface area contributed by atoms with Crippen molar-refractivity contribution in [3.8, 4) is 39.3 Å². The van der Waals surface area contributed by atoms with Crippen LogP contribution in [0.15, 0.2) is 134 Å². The van der Waals surface area contributed by atoms with E-state index in [1.807, 2.05) is 6.07 Å². The Balaban J connectivity index is 1.49. The maximum absolute atomic E-state index is 14.5. The molecule has 0 fully saturated rings. The summed E-state index contributed by atoms with van der Waals surface area (Å²) < 4.78 is 19.2. The van der Waals surface area contributed by atoms with Crippen LogP contribution in [-0.4, -0.2) is 14.5 Å². The Morgan fingerprint density at radius 3 is 2.02 bits per heavy atom. The number of halogens is 1. The van der Waals surface area contributed by atoms with Crippen LogP contribution in [0.3, 0.4) is 0 Å². The van der Waals surface area contributed by atoms with E-state index in [1.165, 1.54) is 37.4 Å². The highest BCUT2D eigenvalue weighted by Gasteiger charge is 2.27. The second-order valence-electron chi connectivity index (χ2n) is 14.1. The van der Waals surface area contributed by atoms with Crippen LogP contribution >= 0.6 is 11.3 Å².